The van der Waals surface area contributed by atoms with Crippen molar-refractivity contribution >= 4 is 49.4 Å². The molecule has 5 heteroatoms. The Morgan fingerprint density at radius 1 is 1.39 bits per heavy atom. The number of amides is 1. The maximum atomic E-state index is 12.5. The van der Waals surface area contributed by atoms with Gasteiger partial charge in [-0.15, -0.1) is 0 Å². The van der Waals surface area contributed by atoms with E-state index in [-0.39, 0.29) is 5.91 Å². The molecule has 1 aromatic rings. The van der Waals surface area contributed by atoms with Gasteiger partial charge >= 0.3 is 0 Å². The Morgan fingerprint density at radius 2 is 2.11 bits per heavy atom. The van der Waals surface area contributed by atoms with Gasteiger partial charge in [-0.1, -0.05) is 27.5 Å². The Balaban J connectivity index is 2.33. The monoisotopic (exact) mass is 393 g/mol. The van der Waals surface area contributed by atoms with Gasteiger partial charge in [0, 0.05) is 21.5 Å². The van der Waals surface area contributed by atoms with Crippen LogP contribution in [-0.2, 0) is 0 Å². The first-order chi connectivity index (χ1) is 8.50. The topological polar surface area (TPSA) is 20.3 Å². The minimum absolute atomic E-state index is 0.0224. The van der Waals surface area contributed by atoms with Gasteiger partial charge in [0.2, 0.25) is 0 Å². The number of hydrogen-bond donors (Lipinski definition) is 0. The third-order valence-corrected chi connectivity index (χ3v) is 5.01. The van der Waals surface area contributed by atoms with Crippen LogP contribution >= 0.6 is 43.5 Å². The average Bonchev–Trinajstić information content (AvgIpc) is 2.33. The molecule has 98 valence electrons. The standard InChI is InChI=1S/C13H14Br2ClNO/c1-8-4-2-3-5-17(8)13(18)10-6-9(14)7-11(15)12(10)16/h6-8H,2-5H2,1H3/t8-/m1/s1. The average molecular weight is 396 g/mol. The van der Waals surface area contributed by atoms with Gasteiger partial charge in [0.05, 0.1) is 10.6 Å². The summed E-state index contributed by atoms with van der Waals surface area (Å²) in [6.07, 6.45) is 3.34. The number of rotatable bonds is 1. The quantitative estimate of drug-likeness (QED) is 0.621. The lowest BCUT2D eigenvalue weighted by Gasteiger charge is -2.33. The second kappa shape index (κ2) is 5.93. The van der Waals surface area contributed by atoms with Gasteiger partial charge < -0.3 is 4.90 Å². The molecule has 0 spiro atoms. The fraction of sp³-hybridized carbons (Fsp3) is 0.462. The molecule has 0 N–H and O–H groups in total. The van der Waals surface area contributed by atoms with E-state index in [2.05, 4.69) is 38.8 Å². The van der Waals surface area contributed by atoms with E-state index in [1.165, 1.54) is 6.42 Å². The van der Waals surface area contributed by atoms with Gasteiger partial charge in [-0.05, 0) is 54.2 Å². The minimum atomic E-state index is 0.0224. The molecule has 0 bridgehead atoms. The van der Waals surface area contributed by atoms with Crippen LogP contribution in [0.25, 0.3) is 0 Å². The minimum Gasteiger partial charge on any atom is -0.336 e. The number of carbonyl (C=O) groups excluding carboxylic acids is 1. The molecule has 1 saturated heterocycles. The van der Waals surface area contributed by atoms with Crippen LogP contribution in [0.4, 0.5) is 0 Å². The predicted octanol–water partition coefficient (Wildman–Crippen LogP) is 4.88. The molecule has 0 unspecified atom stereocenters. The number of piperidine rings is 1. The summed E-state index contributed by atoms with van der Waals surface area (Å²) < 4.78 is 1.60. The molecule has 0 saturated carbocycles. The van der Waals surface area contributed by atoms with Crippen LogP contribution in [0.3, 0.4) is 0 Å². The highest BCUT2D eigenvalue weighted by Crippen LogP contribution is 2.32. The number of likely N-dealkylation sites (tertiary alicyclic amines) is 1. The third kappa shape index (κ3) is 2.91. The number of halogens is 3. The first kappa shape index (κ1) is 14.4. The number of hydrogen-bond acceptors (Lipinski definition) is 1. The number of carbonyl (C=O) groups is 1. The number of nitrogens with zero attached hydrogens (tertiary/aromatic N) is 1. The summed E-state index contributed by atoms with van der Waals surface area (Å²) in [5, 5.41) is 0.487. The van der Waals surface area contributed by atoms with Gasteiger partial charge in [0.15, 0.2) is 0 Å². The van der Waals surface area contributed by atoms with Crippen molar-refractivity contribution in [3.63, 3.8) is 0 Å². The van der Waals surface area contributed by atoms with Gasteiger partial charge in [0.25, 0.3) is 5.91 Å². The molecule has 0 radical (unpaired) electrons. The molecule has 1 aliphatic rings. The second-order valence-electron chi connectivity index (χ2n) is 4.59. The molecule has 2 nitrogen and oxygen atoms in total. The molecule has 1 amide bonds. The molecule has 0 aromatic heterocycles. The fourth-order valence-corrected chi connectivity index (χ4v) is 3.68. The summed E-state index contributed by atoms with van der Waals surface area (Å²) in [4.78, 5) is 14.5. The Kier molecular flexibility index (Phi) is 4.73. The SMILES string of the molecule is C[C@@H]1CCCCN1C(=O)c1cc(Br)cc(Br)c1Cl. The van der Waals surface area contributed by atoms with E-state index in [1.54, 1.807) is 6.07 Å². The van der Waals surface area contributed by atoms with Crippen molar-refractivity contribution in [2.75, 3.05) is 6.54 Å². The Hall–Kier alpha value is -0.0600. The van der Waals surface area contributed by atoms with E-state index in [0.29, 0.717) is 16.6 Å². The molecule has 1 heterocycles. The van der Waals surface area contributed by atoms with E-state index < -0.39 is 0 Å². The summed E-state index contributed by atoms with van der Waals surface area (Å²) in [7, 11) is 0. The largest absolute Gasteiger partial charge is 0.336 e. The summed E-state index contributed by atoms with van der Waals surface area (Å²) in [5.74, 6) is 0.0224. The van der Waals surface area contributed by atoms with Crippen molar-refractivity contribution < 1.29 is 4.79 Å². The van der Waals surface area contributed by atoms with Crippen molar-refractivity contribution in [3.8, 4) is 0 Å². The third-order valence-electron chi connectivity index (χ3n) is 3.29. The van der Waals surface area contributed by atoms with Crippen LogP contribution in [0, 0.1) is 0 Å². The molecular weight excluding hydrogens is 381 g/mol. The molecular formula is C13H14Br2ClNO. The van der Waals surface area contributed by atoms with Crippen LogP contribution in [-0.4, -0.2) is 23.4 Å². The van der Waals surface area contributed by atoms with E-state index in [9.17, 15) is 4.79 Å². The molecule has 2 rings (SSSR count). The first-order valence-electron chi connectivity index (χ1n) is 5.96. The molecule has 1 aliphatic heterocycles. The van der Waals surface area contributed by atoms with E-state index in [1.807, 2.05) is 11.0 Å². The van der Waals surface area contributed by atoms with Gasteiger partial charge in [0.1, 0.15) is 0 Å². The van der Waals surface area contributed by atoms with Crippen molar-refractivity contribution in [3.05, 3.63) is 31.7 Å². The first-order valence-corrected chi connectivity index (χ1v) is 7.92. The highest BCUT2D eigenvalue weighted by Gasteiger charge is 2.26. The Morgan fingerprint density at radius 3 is 2.78 bits per heavy atom. The lowest BCUT2D eigenvalue weighted by Crippen LogP contribution is -2.42. The zero-order chi connectivity index (χ0) is 13.3. The molecule has 1 aromatic carbocycles. The molecule has 0 aliphatic carbocycles. The van der Waals surface area contributed by atoms with Crippen LogP contribution in [0.2, 0.25) is 5.02 Å². The smallest absolute Gasteiger partial charge is 0.255 e. The normalized spacial score (nSPS) is 20.0. The summed E-state index contributed by atoms with van der Waals surface area (Å²) in [6, 6.07) is 3.93. The molecule has 18 heavy (non-hydrogen) atoms. The lowest BCUT2D eigenvalue weighted by molar-refractivity contribution is 0.0635. The zero-order valence-electron chi connectivity index (χ0n) is 10.0. The van der Waals surface area contributed by atoms with Crippen molar-refractivity contribution in [1.29, 1.82) is 0 Å². The van der Waals surface area contributed by atoms with Crippen LogP contribution in [0.1, 0.15) is 36.5 Å². The Bertz CT molecular complexity index is 478. The van der Waals surface area contributed by atoms with Crippen molar-refractivity contribution in [2.45, 2.75) is 32.2 Å². The van der Waals surface area contributed by atoms with Crippen LogP contribution in [0.5, 0.6) is 0 Å². The highest BCUT2D eigenvalue weighted by molar-refractivity contribution is 9.11. The van der Waals surface area contributed by atoms with Crippen LogP contribution < -0.4 is 0 Å². The highest BCUT2D eigenvalue weighted by atomic mass is 79.9. The van der Waals surface area contributed by atoms with Gasteiger partial charge in [-0.3, -0.25) is 4.79 Å². The molecule has 1 atom stereocenters. The maximum absolute atomic E-state index is 12.5. The fourth-order valence-electron chi connectivity index (χ4n) is 2.27. The van der Waals surface area contributed by atoms with Crippen LogP contribution in [0.15, 0.2) is 21.1 Å². The number of benzene rings is 1. The van der Waals surface area contributed by atoms with Gasteiger partial charge in [-0.25, -0.2) is 0 Å². The lowest BCUT2D eigenvalue weighted by atomic mass is 10.0. The summed E-state index contributed by atoms with van der Waals surface area (Å²) in [5.41, 5.74) is 0.562. The van der Waals surface area contributed by atoms with Gasteiger partial charge in [-0.2, -0.15) is 0 Å². The summed E-state index contributed by atoms with van der Waals surface area (Å²) in [6.45, 7) is 2.92. The van der Waals surface area contributed by atoms with Crippen molar-refractivity contribution in [2.24, 2.45) is 0 Å². The maximum Gasteiger partial charge on any atom is 0.255 e. The summed E-state index contributed by atoms with van der Waals surface area (Å²) >= 11 is 13.0. The van der Waals surface area contributed by atoms with Crippen molar-refractivity contribution in [1.82, 2.24) is 4.90 Å². The second-order valence-corrected chi connectivity index (χ2v) is 6.74. The van der Waals surface area contributed by atoms with E-state index in [0.717, 1.165) is 28.3 Å². The molecule has 1 fully saturated rings. The Labute approximate surface area is 129 Å². The predicted molar refractivity (Wildman–Crippen MR) is 81.2 cm³/mol. The van der Waals surface area contributed by atoms with E-state index >= 15 is 0 Å². The zero-order valence-corrected chi connectivity index (χ0v) is 14.0. The van der Waals surface area contributed by atoms with E-state index in [4.69, 9.17) is 11.6 Å².